The quantitative estimate of drug-likeness (QED) is 0.625. The summed E-state index contributed by atoms with van der Waals surface area (Å²) in [7, 11) is 0. The van der Waals surface area contributed by atoms with Gasteiger partial charge >= 0.3 is 11.9 Å². The Bertz CT molecular complexity index is 444. The van der Waals surface area contributed by atoms with Crippen LogP contribution in [0.4, 0.5) is 0 Å². The molecule has 1 saturated carbocycles. The third-order valence-electron chi connectivity index (χ3n) is 5.35. The number of aliphatic hydroxyl groups excluding tert-OH is 1. The molecule has 0 amide bonds. The molecule has 1 fully saturated rings. The lowest BCUT2D eigenvalue weighted by molar-refractivity contribution is -0.154. The van der Waals surface area contributed by atoms with Gasteiger partial charge in [-0.25, -0.2) is 0 Å². The summed E-state index contributed by atoms with van der Waals surface area (Å²) >= 11 is 0. The van der Waals surface area contributed by atoms with Crippen LogP contribution in [0.2, 0.25) is 0 Å². The fourth-order valence-corrected chi connectivity index (χ4v) is 4.40. The van der Waals surface area contributed by atoms with Crippen molar-refractivity contribution in [1.29, 1.82) is 0 Å². The number of aliphatic carboxylic acids is 2. The fourth-order valence-electron chi connectivity index (χ4n) is 4.40. The van der Waals surface area contributed by atoms with Crippen molar-refractivity contribution < 1.29 is 24.9 Å². The second kappa shape index (κ2) is 6.18. The number of hydrogen-bond donors (Lipinski definition) is 3. The number of rotatable bonds is 7. The molecule has 3 N–H and O–H groups in total. The molecule has 0 radical (unpaired) electrons. The number of carbonyl (C=O) groups is 2. The fraction of sp³-hybridized carbons (Fsp3) is 0.750. The molecule has 5 heteroatoms. The Labute approximate surface area is 124 Å². The first-order chi connectivity index (χ1) is 9.92. The lowest BCUT2D eigenvalue weighted by Gasteiger charge is -2.36. The Kier molecular flexibility index (Phi) is 4.71. The zero-order chi connectivity index (χ0) is 15.7. The summed E-state index contributed by atoms with van der Waals surface area (Å²) in [5.74, 6) is -4.19. The van der Waals surface area contributed by atoms with Crippen LogP contribution in [0, 0.1) is 35.5 Å². The van der Waals surface area contributed by atoms with Gasteiger partial charge in [0.25, 0.3) is 0 Å². The summed E-state index contributed by atoms with van der Waals surface area (Å²) in [5.41, 5.74) is 0. The molecule has 7 atom stereocenters. The summed E-state index contributed by atoms with van der Waals surface area (Å²) in [5, 5.41) is 29.3. The SMILES string of the molecule is CCC(O)C(CC)C(C(=O)O)C1C2C=CC(C2)C1C(=O)O. The highest BCUT2D eigenvalue weighted by molar-refractivity contribution is 5.76. The third kappa shape index (κ3) is 2.71. The molecule has 0 aromatic rings. The number of aliphatic hydroxyl groups is 1. The predicted octanol–water partition coefficient (Wildman–Crippen LogP) is 2.01. The van der Waals surface area contributed by atoms with Crippen molar-refractivity contribution in [2.24, 2.45) is 35.5 Å². The van der Waals surface area contributed by atoms with E-state index in [4.69, 9.17) is 0 Å². The van der Waals surface area contributed by atoms with E-state index in [1.807, 2.05) is 26.0 Å². The van der Waals surface area contributed by atoms with Crippen LogP contribution in [-0.4, -0.2) is 33.4 Å². The summed E-state index contributed by atoms with van der Waals surface area (Å²) < 4.78 is 0. The number of carboxylic acid groups (broad SMARTS) is 2. The van der Waals surface area contributed by atoms with Crippen molar-refractivity contribution in [2.45, 2.75) is 39.2 Å². The Morgan fingerprint density at radius 1 is 1.14 bits per heavy atom. The topological polar surface area (TPSA) is 94.8 Å². The Morgan fingerprint density at radius 2 is 1.76 bits per heavy atom. The molecule has 0 saturated heterocycles. The lowest BCUT2D eigenvalue weighted by Crippen LogP contribution is -2.43. The molecule has 7 unspecified atom stereocenters. The minimum atomic E-state index is -0.980. The van der Waals surface area contributed by atoms with E-state index in [0.29, 0.717) is 12.8 Å². The Hall–Kier alpha value is -1.36. The Morgan fingerprint density at radius 3 is 2.24 bits per heavy atom. The second-order valence-electron chi connectivity index (χ2n) is 6.30. The molecule has 0 aromatic heterocycles. The van der Waals surface area contributed by atoms with Gasteiger partial charge in [-0.05, 0) is 42.9 Å². The molecule has 0 aliphatic heterocycles. The molecule has 0 spiro atoms. The van der Waals surface area contributed by atoms with Gasteiger partial charge in [0.05, 0.1) is 17.9 Å². The van der Waals surface area contributed by atoms with Crippen LogP contribution >= 0.6 is 0 Å². The van der Waals surface area contributed by atoms with Crippen LogP contribution < -0.4 is 0 Å². The first kappa shape index (κ1) is 16.0. The summed E-state index contributed by atoms with van der Waals surface area (Å²) in [6, 6.07) is 0. The van der Waals surface area contributed by atoms with Gasteiger partial charge in [-0.15, -0.1) is 0 Å². The molecule has 2 aliphatic carbocycles. The summed E-state index contributed by atoms with van der Waals surface area (Å²) in [4.78, 5) is 23.4. The molecule has 0 heterocycles. The van der Waals surface area contributed by atoms with E-state index in [9.17, 15) is 24.9 Å². The smallest absolute Gasteiger partial charge is 0.307 e. The standard InChI is InChI=1S/C16H24O5/c1-3-10(11(17)4-2)14(16(20)21)12-8-5-6-9(7-8)13(12)15(18)19/h5-6,8-14,17H,3-4,7H2,1-2H3,(H,18,19)(H,20,21). The molecular formula is C16H24O5. The predicted molar refractivity (Wildman–Crippen MR) is 76.6 cm³/mol. The van der Waals surface area contributed by atoms with Crippen molar-refractivity contribution in [3.8, 4) is 0 Å². The van der Waals surface area contributed by atoms with Crippen molar-refractivity contribution in [3.05, 3.63) is 12.2 Å². The van der Waals surface area contributed by atoms with E-state index < -0.39 is 41.7 Å². The normalized spacial score (nSPS) is 34.6. The van der Waals surface area contributed by atoms with E-state index in [1.165, 1.54) is 0 Å². The third-order valence-corrected chi connectivity index (χ3v) is 5.35. The van der Waals surface area contributed by atoms with Crippen molar-refractivity contribution in [3.63, 3.8) is 0 Å². The van der Waals surface area contributed by atoms with E-state index in [1.54, 1.807) is 0 Å². The van der Waals surface area contributed by atoms with Crippen LogP contribution in [0.15, 0.2) is 12.2 Å². The Balaban J connectivity index is 2.35. The van der Waals surface area contributed by atoms with Gasteiger partial charge in [0.2, 0.25) is 0 Å². The van der Waals surface area contributed by atoms with Gasteiger partial charge in [0.15, 0.2) is 0 Å². The van der Waals surface area contributed by atoms with Crippen LogP contribution in [0.3, 0.4) is 0 Å². The van der Waals surface area contributed by atoms with Gasteiger partial charge in [-0.1, -0.05) is 26.0 Å². The first-order valence-corrected chi connectivity index (χ1v) is 7.74. The minimum absolute atomic E-state index is 0.00954. The van der Waals surface area contributed by atoms with Crippen LogP contribution in [0.5, 0.6) is 0 Å². The summed E-state index contributed by atoms with van der Waals surface area (Å²) in [6.45, 7) is 3.68. The lowest BCUT2D eigenvalue weighted by atomic mass is 9.68. The molecule has 2 bridgehead atoms. The molecule has 118 valence electrons. The van der Waals surface area contributed by atoms with Gasteiger partial charge in [0, 0.05) is 0 Å². The minimum Gasteiger partial charge on any atom is -0.481 e. The molecule has 21 heavy (non-hydrogen) atoms. The average molecular weight is 296 g/mol. The van der Waals surface area contributed by atoms with E-state index >= 15 is 0 Å². The highest BCUT2D eigenvalue weighted by Gasteiger charge is 2.55. The summed E-state index contributed by atoms with van der Waals surface area (Å²) in [6.07, 6.45) is 4.93. The van der Waals surface area contributed by atoms with E-state index in [-0.39, 0.29) is 11.8 Å². The van der Waals surface area contributed by atoms with Gasteiger partial charge in [-0.2, -0.15) is 0 Å². The number of fused-ring (bicyclic) bond motifs is 2. The van der Waals surface area contributed by atoms with Crippen molar-refractivity contribution in [2.75, 3.05) is 0 Å². The number of allylic oxidation sites excluding steroid dienone is 2. The van der Waals surface area contributed by atoms with Crippen molar-refractivity contribution in [1.82, 2.24) is 0 Å². The molecule has 2 rings (SSSR count). The van der Waals surface area contributed by atoms with Gasteiger partial charge in [0.1, 0.15) is 0 Å². The van der Waals surface area contributed by atoms with Crippen LogP contribution in [-0.2, 0) is 9.59 Å². The maximum Gasteiger partial charge on any atom is 0.307 e. The molecule has 2 aliphatic rings. The monoisotopic (exact) mass is 296 g/mol. The van der Waals surface area contributed by atoms with Crippen LogP contribution in [0.1, 0.15) is 33.1 Å². The maximum atomic E-state index is 11.8. The molecule has 0 aromatic carbocycles. The zero-order valence-corrected chi connectivity index (χ0v) is 12.5. The molecular weight excluding hydrogens is 272 g/mol. The van der Waals surface area contributed by atoms with Crippen LogP contribution in [0.25, 0.3) is 0 Å². The molecule has 5 nitrogen and oxygen atoms in total. The number of hydrogen-bond acceptors (Lipinski definition) is 3. The number of carboxylic acids is 2. The largest absolute Gasteiger partial charge is 0.481 e. The zero-order valence-electron chi connectivity index (χ0n) is 12.5. The van der Waals surface area contributed by atoms with Crippen molar-refractivity contribution >= 4 is 11.9 Å². The highest BCUT2D eigenvalue weighted by Crippen LogP contribution is 2.53. The maximum absolute atomic E-state index is 11.8. The second-order valence-corrected chi connectivity index (χ2v) is 6.30. The van der Waals surface area contributed by atoms with E-state index in [0.717, 1.165) is 6.42 Å². The highest BCUT2D eigenvalue weighted by atomic mass is 16.4. The van der Waals surface area contributed by atoms with E-state index in [2.05, 4.69) is 0 Å². The van der Waals surface area contributed by atoms with Gasteiger partial charge < -0.3 is 15.3 Å². The average Bonchev–Trinajstić information content (AvgIpc) is 3.03. The first-order valence-electron chi connectivity index (χ1n) is 7.74. The van der Waals surface area contributed by atoms with Gasteiger partial charge in [-0.3, -0.25) is 9.59 Å².